The summed E-state index contributed by atoms with van der Waals surface area (Å²) in [5.74, 6) is 0.780. The zero-order valence-electron chi connectivity index (χ0n) is 7.20. The van der Waals surface area contributed by atoms with Crippen molar-refractivity contribution in [2.45, 2.75) is 0 Å². The molecule has 14 heavy (non-hydrogen) atoms. The molecule has 0 unspecified atom stereocenters. The first-order chi connectivity index (χ1) is 6.74. The van der Waals surface area contributed by atoms with Crippen LogP contribution < -0.4 is 5.32 Å². The minimum Gasteiger partial charge on any atom is -0.316 e. The molecule has 0 aliphatic rings. The molecule has 71 valence electrons. The highest BCUT2D eigenvalue weighted by molar-refractivity contribution is 9.10. The number of hydrogen-bond acceptors (Lipinski definition) is 4. The first kappa shape index (κ1) is 9.61. The fraction of sp³-hybridized carbons (Fsp3) is 0. The second kappa shape index (κ2) is 4.06. The van der Waals surface area contributed by atoms with Crippen molar-refractivity contribution in [3.63, 3.8) is 0 Å². The van der Waals surface area contributed by atoms with Crippen molar-refractivity contribution in [3.8, 4) is 0 Å². The zero-order chi connectivity index (χ0) is 9.97. The molecule has 0 amide bonds. The van der Waals surface area contributed by atoms with Crippen molar-refractivity contribution < 1.29 is 0 Å². The Balaban J connectivity index is 2.15. The summed E-state index contributed by atoms with van der Waals surface area (Å²) in [7, 11) is 0. The lowest BCUT2D eigenvalue weighted by molar-refractivity contribution is 1.26. The molecule has 5 heteroatoms. The van der Waals surface area contributed by atoms with E-state index in [1.165, 1.54) is 11.3 Å². The number of nitrogens with one attached hydrogen (secondary N) is 1. The van der Waals surface area contributed by atoms with Crippen molar-refractivity contribution in [3.05, 3.63) is 40.8 Å². The van der Waals surface area contributed by atoms with Crippen LogP contribution in [0.1, 0.15) is 5.69 Å². The molecule has 0 bridgehead atoms. The van der Waals surface area contributed by atoms with Crippen LogP contribution in [0.15, 0.2) is 28.2 Å². The number of aromatic nitrogens is 2. The van der Waals surface area contributed by atoms with Gasteiger partial charge in [0.1, 0.15) is 5.82 Å². The van der Waals surface area contributed by atoms with Crippen LogP contribution in [0.5, 0.6) is 0 Å². The van der Waals surface area contributed by atoms with Crippen LogP contribution in [0, 0.1) is 6.92 Å². The first-order valence-electron chi connectivity index (χ1n) is 3.90. The third kappa shape index (κ3) is 2.30. The highest BCUT2D eigenvalue weighted by Crippen LogP contribution is 2.19. The van der Waals surface area contributed by atoms with Crippen LogP contribution in [0.3, 0.4) is 0 Å². The summed E-state index contributed by atoms with van der Waals surface area (Å²) in [5.41, 5.74) is 0.773. The van der Waals surface area contributed by atoms with Crippen molar-refractivity contribution in [1.29, 1.82) is 0 Å². The van der Waals surface area contributed by atoms with Gasteiger partial charge in [-0.05, 0) is 35.0 Å². The van der Waals surface area contributed by atoms with E-state index in [9.17, 15) is 0 Å². The van der Waals surface area contributed by atoms with E-state index in [-0.39, 0.29) is 0 Å². The van der Waals surface area contributed by atoms with E-state index in [0.717, 1.165) is 21.1 Å². The molecule has 0 atom stereocenters. The average molecular weight is 269 g/mol. The van der Waals surface area contributed by atoms with Gasteiger partial charge in [-0.2, -0.15) is 0 Å². The standard InChI is InChI=1S/C9H7BrN3S/c1-6-5-14-9(12-6)13-8-3-2-7(10)4-11-8/h2-5H,1H2,(H,11,12,13). The van der Waals surface area contributed by atoms with Gasteiger partial charge in [0.2, 0.25) is 0 Å². The van der Waals surface area contributed by atoms with E-state index in [1.807, 2.05) is 17.5 Å². The molecule has 0 aromatic carbocycles. The number of pyridine rings is 1. The van der Waals surface area contributed by atoms with Gasteiger partial charge in [-0.25, -0.2) is 9.97 Å². The Kier molecular flexibility index (Phi) is 2.79. The second-order valence-electron chi connectivity index (χ2n) is 2.63. The molecule has 0 fully saturated rings. The van der Waals surface area contributed by atoms with Crippen LogP contribution in [0.2, 0.25) is 0 Å². The van der Waals surface area contributed by atoms with Gasteiger partial charge in [0.15, 0.2) is 5.13 Å². The summed E-state index contributed by atoms with van der Waals surface area (Å²) in [5, 5.41) is 5.79. The Morgan fingerprint density at radius 1 is 1.43 bits per heavy atom. The SMILES string of the molecule is [CH2]c1csc(Nc2ccc(Br)cn2)n1. The van der Waals surface area contributed by atoms with E-state index >= 15 is 0 Å². The topological polar surface area (TPSA) is 37.8 Å². The summed E-state index contributed by atoms with van der Waals surface area (Å²) in [6.45, 7) is 3.73. The molecule has 2 aromatic rings. The number of nitrogens with zero attached hydrogens (tertiary/aromatic N) is 2. The maximum atomic E-state index is 4.17. The van der Waals surface area contributed by atoms with Gasteiger partial charge in [0, 0.05) is 16.0 Å². The molecule has 0 spiro atoms. The molecular weight excluding hydrogens is 262 g/mol. The van der Waals surface area contributed by atoms with Crippen molar-refractivity contribution >= 4 is 38.2 Å². The largest absolute Gasteiger partial charge is 0.316 e. The number of rotatable bonds is 2. The fourth-order valence-electron chi connectivity index (χ4n) is 0.924. The normalized spacial score (nSPS) is 10.1. The highest BCUT2D eigenvalue weighted by Gasteiger charge is 1.99. The maximum absolute atomic E-state index is 4.17. The van der Waals surface area contributed by atoms with Gasteiger partial charge in [0.05, 0.1) is 5.69 Å². The molecule has 2 rings (SSSR count). The first-order valence-corrected chi connectivity index (χ1v) is 5.57. The fourth-order valence-corrected chi connectivity index (χ4v) is 1.79. The van der Waals surface area contributed by atoms with E-state index in [4.69, 9.17) is 0 Å². The molecular formula is C9H7BrN3S. The lowest BCUT2D eigenvalue weighted by Crippen LogP contribution is -1.91. The summed E-state index contributed by atoms with van der Waals surface area (Å²) < 4.78 is 0.958. The Bertz CT molecular complexity index is 424. The van der Waals surface area contributed by atoms with E-state index in [2.05, 4.69) is 38.1 Å². The van der Waals surface area contributed by atoms with E-state index in [0.29, 0.717) is 0 Å². The van der Waals surface area contributed by atoms with Gasteiger partial charge < -0.3 is 5.32 Å². The molecule has 1 N–H and O–H groups in total. The lowest BCUT2D eigenvalue weighted by Gasteiger charge is -2.00. The van der Waals surface area contributed by atoms with Crippen LogP contribution in [-0.4, -0.2) is 9.97 Å². The summed E-state index contributed by atoms with van der Waals surface area (Å²) in [4.78, 5) is 8.34. The van der Waals surface area contributed by atoms with Gasteiger partial charge >= 0.3 is 0 Å². The lowest BCUT2D eigenvalue weighted by atomic mass is 10.5. The molecule has 2 aromatic heterocycles. The minimum absolute atomic E-state index is 0.773. The molecule has 0 saturated carbocycles. The van der Waals surface area contributed by atoms with Gasteiger partial charge in [-0.15, -0.1) is 11.3 Å². The predicted molar refractivity (Wildman–Crippen MR) is 61.8 cm³/mol. The number of hydrogen-bond donors (Lipinski definition) is 1. The monoisotopic (exact) mass is 268 g/mol. The molecule has 0 aliphatic heterocycles. The number of anilines is 2. The van der Waals surface area contributed by atoms with E-state index in [1.54, 1.807) is 6.20 Å². The quantitative estimate of drug-likeness (QED) is 0.909. The summed E-state index contributed by atoms with van der Waals surface area (Å²) in [6, 6.07) is 3.81. The van der Waals surface area contributed by atoms with E-state index < -0.39 is 0 Å². The average Bonchev–Trinajstić information content (AvgIpc) is 2.56. The number of thiazole rings is 1. The van der Waals surface area contributed by atoms with Crippen molar-refractivity contribution in [1.82, 2.24) is 9.97 Å². The third-order valence-corrected chi connectivity index (χ3v) is 2.79. The predicted octanol–water partition coefficient (Wildman–Crippen LogP) is 3.23. The number of halogens is 1. The molecule has 2 heterocycles. The second-order valence-corrected chi connectivity index (χ2v) is 4.40. The smallest absolute Gasteiger partial charge is 0.188 e. The van der Waals surface area contributed by atoms with Crippen molar-refractivity contribution in [2.75, 3.05) is 5.32 Å². The van der Waals surface area contributed by atoms with Crippen LogP contribution in [0.4, 0.5) is 10.9 Å². The van der Waals surface area contributed by atoms with Crippen LogP contribution in [-0.2, 0) is 0 Å². The third-order valence-electron chi connectivity index (χ3n) is 1.51. The van der Waals surface area contributed by atoms with Crippen molar-refractivity contribution in [2.24, 2.45) is 0 Å². The van der Waals surface area contributed by atoms with Crippen LogP contribution >= 0.6 is 27.3 Å². The molecule has 3 nitrogen and oxygen atoms in total. The van der Waals surface area contributed by atoms with Gasteiger partial charge in [-0.3, -0.25) is 0 Å². The zero-order valence-corrected chi connectivity index (χ0v) is 9.60. The Morgan fingerprint density at radius 3 is 2.86 bits per heavy atom. The Labute approximate surface area is 94.4 Å². The van der Waals surface area contributed by atoms with Crippen LogP contribution in [0.25, 0.3) is 0 Å². The summed E-state index contributed by atoms with van der Waals surface area (Å²) in [6.07, 6.45) is 1.74. The Hall–Kier alpha value is -0.940. The van der Waals surface area contributed by atoms with Gasteiger partial charge in [-0.1, -0.05) is 0 Å². The molecule has 1 radical (unpaired) electrons. The molecule has 0 saturated heterocycles. The maximum Gasteiger partial charge on any atom is 0.188 e. The minimum atomic E-state index is 0.773. The van der Waals surface area contributed by atoms with Gasteiger partial charge in [0.25, 0.3) is 0 Å². The Morgan fingerprint density at radius 2 is 2.29 bits per heavy atom. The summed E-state index contributed by atoms with van der Waals surface area (Å²) >= 11 is 4.83. The molecule has 0 aliphatic carbocycles. The highest BCUT2D eigenvalue weighted by atomic mass is 79.9.